The van der Waals surface area contributed by atoms with Gasteiger partial charge in [0.15, 0.2) is 0 Å². The van der Waals surface area contributed by atoms with Gasteiger partial charge in [0.1, 0.15) is 6.10 Å². The molecule has 2 unspecified atom stereocenters. The molecule has 0 fully saturated rings. The lowest BCUT2D eigenvalue weighted by atomic mass is 9.81. The smallest absolute Gasteiger partial charge is 0.104 e. The first-order valence-electron chi connectivity index (χ1n) is 4.93. The molecule has 0 heterocycles. The summed E-state index contributed by atoms with van der Waals surface area (Å²) < 4.78 is 5.26. The summed E-state index contributed by atoms with van der Waals surface area (Å²) in [5.74, 6) is 0.564. The zero-order valence-electron chi connectivity index (χ0n) is 9.00. The number of ether oxygens (including phenoxy) is 1. The quantitative estimate of drug-likeness (QED) is 0.666. The summed E-state index contributed by atoms with van der Waals surface area (Å²) in [5.41, 5.74) is 0.714. The number of methoxy groups -OCH3 is 1. The summed E-state index contributed by atoms with van der Waals surface area (Å²) >= 11 is 0. The van der Waals surface area contributed by atoms with Crippen LogP contribution < -0.4 is 0 Å². The molecule has 0 spiro atoms. The molecule has 1 N–H and O–H groups in total. The van der Waals surface area contributed by atoms with Crippen LogP contribution in [0.25, 0.3) is 0 Å². The van der Waals surface area contributed by atoms with Crippen LogP contribution in [-0.4, -0.2) is 23.9 Å². The number of allylic oxidation sites excluding steroid dienone is 1. The molecule has 2 atom stereocenters. The van der Waals surface area contributed by atoms with E-state index in [2.05, 4.69) is 19.9 Å². The van der Waals surface area contributed by atoms with Crippen LogP contribution in [0.1, 0.15) is 33.6 Å². The Morgan fingerprint density at radius 2 is 2.23 bits per heavy atom. The van der Waals surface area contributed by atoms with Gasteiger partial charge in [-0.1, -0.05) is 25.5 Å². The van der Waals surface area contributed by atoms with E-state index >= 15 is 0 Å². The number of aliphatic hydroxyl groups is 1. The van der Waals surface area contributed by atoms with E-state index in [1.165, 1.54) is 5.57 Å². The molecule has 0 aromatic rings. The molecule has 1 rings (SSSR count). The summed E-state index contributed by atoms with van der Waals surface area (Å²) in [5, 5.41) is 9.96. The average molecular weight is 184 g/mol. The Balaban J connectivity index is 2.80. The van der Waals surface area contributed by atoms with E-state index in [0.717, 1.165) is 12.8 Å². The highest BCUT2D eigenvalue weighted by Gasteiger charge is 2.34. The fourth-order valence-corrected chi connectivity index (χ4v) is 1.80. The van der Waals surface area contributed by atoms with Crippen molar-refractivity contribution in [3.63, 3.8) is 0 Å². The van der Waals surface area contributed by atoms with E-state index in [4.69, 9.17) is 4.74 Å². The van der Waals surface area contributed by atoms with Gasteiger partial charge in [-0.05, 0) is 25.7 Å². The second-order valence-corrected chi connectivity index (χ2v) is 4.41. The predicted molar refractivity (Wildman–Crippen MR) is 53.6 cm³/mol. The van der Waals surface area contributed by atoms with Crippen LogP contribution in [0.15, 0.2) is 11.6 Å². The second-order valence-electron chi connectivity index (χ2n) is 4.41. The van der Waals surface area contributed by atoms with E-state index in [1.54, 1.807) is 7.11 Å². The largest absolute Gasteiger partial charge is 0.387 e. The molecule has 0 aromatic carbocycles. The van der Waals surface area contributed by atoms with Gasteiger partial charge in [-0.15, -0.1) is 0 Å². The van der Waals surface area contributed by atoms with Crippen molar-refractivity contribution in [3.05, 3.63) is 11.6 Å². The molecular formula is C11H20O2. The molecule has 1 aliphatic carbocycles. The van der Waals surface area contributed by atoms with Gasteiger partial charge in [-0.25, -0.2) is 0 Å². The molecular weight excluding hydrogens is 164 g/mol. The van der Waals surface area contributed by atoms with E-state index in [1.807, 2.05) is 6.92 Å². The number of hydrogen-bond acceptors (Lipinski definition) is 2. The fourth-order valence-electron chi connectivity index (χ4n) is 1.80. The van der Waals surface area contributed by atoms with Gasteiger partial charge < -0.3 is 9.84 Å². The van der Waals surface area contributed by atoms with Crippen molar-refractivity contribution in [1.82, 2.24) is 0 Å². The first kappa shape index (κ1) is 10.7. The van der Waals surface area contributed by atoms with E-state index in [-0.39, 0.29) is 6.10 Å². The van der Waals surface area contributed by atoms with Crippen LogP contribution in [0, 0.1) is 5.92 Å². The molecule has 0 aliphatic heterocycles. The summed E-state index contributed by atoms with van der Waals surface area (Å²) in [4.78, 5) is 0. The third kappa shape index (κ3) is 2.32. The zero-order valence-corrected chi connectivity index (χ0v) is 9.00. The minimum Gasteiger partial charge on any atom is -0.387 e. The average Bonchev–Trinajstić information content (AvgIpc) is 2.03. The van der Waals surface area contributed by atoms with Crippen molar-refractivity contribution in [1.29, 1.82) is 0 Å². The van der Waals surface area contributed by atoms with Crippen molar-refractivity contribution >= 4 is 0 Å². The zero-order chi connectivity index (χ0) is 10.1. The minimum atomic E-state index is -0.687. The van der Waals surface area contributed by atoms with Crippen LogP contribution in [0.5, 0.6) is 0 Å². The normalized spacial score (nSPS) is 34.9. The highest BCUT2D eigenvalue weighted by molar-refractivity contribution is 5.16. The molecule has 2 nitrogen and oxygen atoms in total. The molecule has 0 saturated heterocycles. The van der Waals surface area contributed by atoms with E-state index in [0.29, 0.717) is 5.92 Å². The Labute approximate surface area is 80.6 Å². The van der Waals surface area contributed by atoms with Crippen molar-refractivity contribution in [2.24, 2.45) is 5.92 Å². The van der Waals surface area contributed by atoms with Crippen LogP contribution >= 0.6 is 0 Å². The van der Waals surface area contributed by atoms with Gasteiger partial charge in [-0.3, -0.25) is 0 Å². The lowest BCUT2D eigenvalue weighted by Crippen LogP contribution is -2.42. The Bertz CT molecular complexity index is 204. The van der Waals surface area contributed by atoms with E-state index < -0.39 is 5.60 Å². The highest BCUT2D eigenvalue weighted by Crippen LogP contribution is 2.32. The second kappa shape index (κ2) is 3.81. The van der Waals surface area contributed by atoms with Crippen LogP contribution in [-0.2, 0) is 4.74 Å². The predicted octanol–water partition coefficient (Wildman–Crippen LogP) is 2.13. The van der Waals surface area contributed by atoms with Crippen molar-refractivity contribution < 1.29 is 9.84 Å². The van der Waals surface area contributed by atoms with Gasteiger partial charge in [0.25, 0.3) is 0 Å². The van der Waals surface area contributed by atoms with Gasteiger partial charge in [0.2, 0.25) is 0 Å². The molecule has 0 saturated carbocycles. The fraction of sp³-hybridized carbons (Fsp3) is 0.818. The van der Waals surface area contributed by atoms with Gasteiger partial charge >= 0.3 is 0 Å². The van der Waals surface area contributed by atoms with Gasteiger partial charge in [-0.2, -0.15) is 0 Å². The molecule has 0 radical (unpaired) electrons. The van der Waals surface area contributed by atoms with Crippen molar-refractivity contribution in [3.8, 4) is 0 Å². The van der Waals surface area contributed by atoms with Crippen molar-refractivity contribution in [2.75, 3.05) is 7.11 Å². The third-order valence-corrected chi connectivity index (χ3v) is 2.89. The SMILES string of the molecule is COC1C=C(C(C)C)CCC1(C)O. The lowest BCUT2D eigenvalue weighted by Gasteiger charge is -2.35. The highest BCUT2D eigenvalue weighted by atomic mass is 16.5. The standard InChI is InChI=1S/C11H20O2/c1-8(2)9-5-6-11(3,12)10(7-9)13-4/h7-8,10,12H,5-6H2,1-4H3. The first-order chi connectivity index (χ1) is 5.97. The van der Waals surface area contributed by atoms with Crippen LogP contribution in [0.3, 0.4) is 0 Å². The van der Waals surface area contributed by atoms with Gasteiger partial charge in [0, 0.05) is 7.11 Å². The Morgan fingerprint density at radius 3 is 2.69 bits per heavy atom. The Hall–Kier alpha value is -0.340. The molecule has 0 amide bonds. The summed E-state index contributed by atoms with van der Waals surface area (Å²) in [7, 11) is 1.65. The molecule has 2 heteroatoms. The maximum absolute atomic E-state index is 9.96. The maximum atomic E-state index is 9.96. The minimum absolute atomic E-state index is 0.140. The Morgan fingerprint density at radius 1 is 1.62 bits per heavy atom. The molecule has 13 heavy (non-hydrogen) atoms. The summed E-state index contributed by atoms with van der Waals surface area (Å²) in [6, 6.07) is 0. The maximum Gasteiger partial charge on any atom is 0.104 e. The number of rotatable bonds is 2. The molecule has 0 bridgehead atoms. The molecule has 0 aromatic heterocycles. The first-order valence-corrected chi connectivity index (χ1v) is 4.93. The summed E-state index contributed by atoms with van der Waals surface area (Å²) in [6.07, 6.45) is 3.73. The van der Waals surface area contributed by atoms with E-state index in [9.17, 15) is 5.11 Å². The third-order valence-electron chi connectivity index (χ3n) is 2.89. The Kier molecular flexibility index (Phi) is 3.14. The lowest BCUT2D eigenvalue weighted by molar-refractivity contribution is -0.0682. The molecule has 1 aliphatic rings. The monoisotopic (exact) mass is 184 g/mol. The van der Waals surface area contributed by atoms with Gasteiger partial charge in [0.05, 0.1) is 5.60 Å². The van der Waals surface area contributed by atoms with Crippen molar-refractivity contribution in [2.45, 2.75) is 45.3 Å². The molecule has 76 valence electrons. The number of hydrogen-bond donors (Lipinski definition) is 1. The summed E-state index contributed by atoms with van der Waals surface area (Å²) in [6.45, 7) is 6.20. The topological polar surface area (TPSA) is 29.5 Å². The van der Waals surface area contributed by atoms with Crippen LogP contribution in [0.2, 0.25) is 0 Å². The van der Waals surface area contributed by atoms with Crippen LogP contribution in [0.4, 0.5) is 0 Å².